The van der Waals surface area contributed by atoms with Gasteiger partial charge in [-0.2, -0.15) is 0 Å². The molecule has 0 saturated carbocycles. The average Bonchev–Trinajstić information content (AvgIpc) is 2.73. The molecule has 29 heavy (non-hydrogen) atoms. The van der Waals surface area contributed by atoms with Crippen molar-refractivity contribution in [1.82, 2.24) is 10.9 Å². The van der Waals surface area contributed by atoms with Gasteiger partial charge in [0, 0.05) is 5.69 Å². The van der Waals surface area contributed by atoms with E-state index in [1.54, 1.807) is 19.2 Å². The number of hydrogen-bond donors (Lipinski definition) is 3. The van der Waals surface area contributed by atoms with E-state index in [-0.39, 0.29) is 6.61 Å². The summed E-state index contributed by atoms with van der Waals surface area (Å²) >= 11 is 0. The van der Waals surface area contributed by atoms with E-state index in [0.717, 1.165) is 27.6 Å². The van der Waals surface area contributed by atoms with Gasteiger partial charge >= 0.3 is 6.03 Å². The maximum Gasteiger partial charge on any atom is 0.337 e. The van der Waals surface area contributed by atoms with Crippen molar-refractivity contribution >= 4 is 28.4 Å². The SMILES string of the molecule is COc1ccc2cc(OCC(=O)NNC(=O)Nc3cccc(C)c3C)ccc2c1. The van der Waals surface area contributed by atoms with Gasteiger partial charge < -0.3 is 14.8 Å². The van der Waals surface area contributed by atoms with E-state index >= 15 is 0 Å². The van der Waals surface area contributed by atoms with Crippen molar-refractivity contribution in [2.75, 3.05) is 19.0 Å². The van der Waals surface area contributed by atoms with Crippen molar-refractivity contribution in [2.45, 2.75) is 13.8 Å². The van der Waals surface area contributed by atoms with Crippen LogP contribution in [0, 0.1) is 13.8 Å². The molecule has 0 aliphatic heterocycles. The van der Waals surface area contributed by atoms with Crippen LogP contribution in [0.3, 0.4) is 0 Å². The van der Waals surface area contributed by atoms with Crippen LogP contribution in [0.2, 0.25) is 0 Å². The highest BCUT2D eigenvalue weighted by Gasteiger charge is 2.08. The first kappa shape index (κ1) is 20.0. The van der Waals surface area contributed by atoms with Crippen molar-refractivity contribution in [1.29, 1.82) is 0 Å². The maximum absolute atomic E-state index is 12.0. The minimum absolute atomic E-state index is 0.231. The number of carbonyl (C=O) groups is 2. The second-order valence-corrected chi connectivity index (χ2v) is 6.54. The van der Waals surface area contributed by atoms with Crippen LogP contribution in [0.5, 0.6) is 11.5 Å². The molecule has 3 N–H and O–H groups in total. The number of ether oxygens (including phenoxy) is 2. The van der Waals surface area contributed by atoms with Crippen molar-refractivity contribution < 1.29 is 19.1 Å². The summed E-state index contributed by atoms with van der Waals surface area (Å²) in [4.78, 5) is 23.9. The molecule has 0 bridgehead atoms. The fraction of sp³-hybridized carbons (Fsp3) is 0.182. The van der Waals surface area contributed by atoms with E-state index in [4.69, 9.17) is 9.47 Å². The van der Waals surface area contributed by atoms with Crippen molar-refractivity contribution in [3.8, 4) is 11.5 Å². The first-order valence-corrected chi connectivity index (χ1v) is 9.09. The highest BCUT2D eigenvalue weighted by atomic mass is 16.5. The van der Waals surface area contributed by atoms with Crippen LogP contribution in [0.1, 0.15) is 11.1 Å². The Labute approximate surface area is 169 Å². The zero-order valence-electron chi connectivity index (χ0n) is 16.5. The molecule has 3 aromatic carbocycles. The molecule has 3 amide bonds. The van der Waals surface area contributed by atoms with Crippen molar-refractivity contribution in [3.63, 3.8) is 0 Å². The summed E-state index contributed by atoms with van der Waals surface area (Å²) in [5.41, 5.74) is 7.34. The number of hydrogen-bond acceptors (Lipinski definition) is 4. The Morgan fingerprint density at radius 2 is 1.59 bits per heavy atom. The summed E-state index contributed by atoms with van der Waals surface area (Å²) in [5, 5.41) is 4.67. The van der Waals surface area contributed by atoms with E-state index in [1.807, 2.05) is 56.3 Å². The summed E-state index contributed by atoms with van der Waals surface area (Å²) in [6.07, 6.45) is 0. The Hall–Kier alpha value is -3.74. The van der Waals surface area contributed by atoms with Crippen LogP contribution in [0.25, 0.3) is 10.8 Å². The van der Waals surface area contributed by atoms with Gasteiger partial charge in [-0.25, -0.2) is 10.2 Å². The first-order chi connectivity index (χ1) is 14.0. The maximum atomic E-state index is 12.0. The standard InChI is InChI=1S/C22H23N3O4/c1-14-5-4-6-20(15(14)2)23-22(27)25-24-21(26)13-29-19-10-8-16-11-18(28-3)9-7-17(16)12-19/h4-12H,13H2,1-3H3,(H,24,26)(H2,23,25,27). The van der Waals surface area contributed by atoms with Crippen LogP contribution < -0.4 is 25.6 Å². The average molecular weight is 393 g/mol. The lowest BCUT2D eigenvalue weighted by Gasteiger charge is -2.12. The number of amides is 3. The number of benzene rings is 3. The van der Waals surface area contributed by atoms with Gasteiger partial charge in [-0.3, -0.25) is 10.2 Å². The topological polar surface area (TPSA) is 88.7 Å². The number of carbonyl (C=O) groups excluding carboxylic acids is 2. The third kappa shape index (κ3) is 5.16. The fourth-order valence-corrected chi connectivity index (χ4v) is 2.77. The monoisotopic (exact) mass is 393 g/mol. The first-order valence-electron chi connectivity index (χ1n) is 9.09. The Bertz CT molecular complexity index is 1050. The Balaban J connectivity index is 1.49. The molecule has 0 heterocycles. The highest BCUT2D eigenvalue weighted by molar-refractivity contribution is 5.92. The molecule has 0 fully saturated rings. The van der Waals surface area contributed by atoms with E-state index in [0.29, 0.717) is 11.4 Å². The fourth-order valence-electron chi connectivity index (χ4n) is 2.77. The Morgan fingerprint density at radius 1 is 0.897 bits per heavy atom. The van der Waals surface area contributed by atoms with Crippen LogP contribution in [0.4, 0.5) is 10.5 Å². The largest absolute Gasteiger partial charge is 0.497 e. The molecule has 3 rings (SSSR count). The lowest BCUT2D eigenvalue weighted by molar-refractivity contribution is -0.123. The number of methoxy groups -OCH3 is 1. The number of hydrazine groups is 1. The zero-order chi connectivity index (χ0) is 20.8. The molecule has 0 unspecified atom stereocenters. The lowest BCUT2D eigenvalue weighted by Crippen LogP contribution is -2.45. The predicted octanol–water partition coefficient (Wildman–Crippen LogP) is 3.70. The van der Waals surface area contributed by atoms with Gasteiger partial charge in [0.05, 0.1) is 7.11 Å². The third-order valence-electron chi connectivity index (χ3n) is 4.56. The van der Waals surface area contributed by atoms with Gasteiger partial charge in [0.15, 0.2) is 6.61 Å². The van der Waals surface area contributed by atoms with E-state index in [1.165, 1.54) is 0 Å². The number of rotatable bonds is 5. The lowest BCUT2D eigenvalue weighted by atomic mass is 10.1. The van der Waals surface area contributed by atoms with Gasteiger partial charge in [0.1, 0.15) is 11.5 Å². The molecule has 3 aromatic rings. The number of aryl methyl sites for hydroxylation is 1. The van der Waals surface area contributed by atoms with Crippen LogP contribution >= 0.6 is 0 Å². The summed E-state index contributed by atoms with van der Waals surface area (Å²) in [7, 11) is 1.62. The zero-order valence-corrected chi connectivity index (χ0v) is 16.5. The van der Waals surface area contributed by atoms with Crippen LogP contribution in [0.15, 0.2) is 54.6 Å². The summed E-state index contributed by atoms with van der Waals surface area (Å²) in [6.45, 7) is 3.64. The molecular weight excluding hydrogens is 370 g/mol. The minimum atomic E-state index is -0.535. The molecule has 7 nitrogen and oxygen atoms in total. The van der Waals surface area contributed by atoms with Gasteiger partial charge in [0.25, 0.3) is 5.91 Å². The molecule has 0 spiro atoms. The van der Waals surface area contributed by atoms with Gasteiger partial charge in [-0.05, 0) is 66.1 Å². The summed E-state index contributed by atoms with van der Waals surface area (Å²) in [6, 6.07) is 16.3. The molecule has 150 valence electrons. The predicted molar refractivity (Wildman–Crippen MR) is 112 cm³/mol. The molecule has 0 aliphatic carbocycles. The van der Waals surface area contributed by atoms with Crippen LogP contribution in [-0.2, 0) is 4.79 Å². The number of fused-ring (bicyclic) bond motifs is 1. The highest BCUT2D eigenvalue weighted by Crippen LogP contribution is 2.24. The van der Waals surface area contributed by atoms with E-state index in [9.17, 15) is 9.59 Å². The van der Waals surface area contributed by atoms with Crippen molar-refractivity contribution in [2.24, 2.45) is 0 Å². The van der Waals surface area contributed by atoms with Crippen LogP contribution in [-0.4, -0.2) is 25.7 Å². The van der Waals surface area contributed by atoms with Gasteiger partial charge in [-0.15, -0.1) is 0 Å². The van der Waals surface area contributed by atoms with Gasteiger partial charge in [0.2, 0.25) is 0 Å². The quantitative estimate of drug-likeness (QED) is 0.577. The van der Waals surface area contributed by atoms with E-state index in [2.05, 4.69) is 16.2 Å². The molecule has 7 heteroatoms. The number of anilines is 1. The summed E-state index contributed by atoms with van der Waals surface area (Å²) < 4.78 is 10.7. The minimum Gasteiger partial charge on any atom is -0.497 e. The molecular formula is C22H23N3O4. The molecule has 0 saturated heterocycles. The normalized spacial score (nSPS) is 10.3. The third-order valence-corrected chi connectivity index (χ3v) is 4.56. The second kappa shape index (κ2) is 8.97. The molecule has 0 atom stereocenters. The molecule has 0 aliphatic rings. The second-order valence-electron chi connectivity index (χ2n) is 6.54. The smallest absolute Gasteiger partial charge is 0.337 e. The molecule has 0 aromatic heterocycles. The number of nitrogens with one attached hydrogen (secondary N) is 3. The van der Waals surface area contributed by atoms with Crippen molar-refractivity contribution in [3.05, 3.63) is 65.7 Å². The number of urea groups is 1. The van der Waals surface area contributed by atoms with Gasteiger partial charge in [-0.1, -0.05) is 24.3 Å². The summed E-state index contributed by atoms with van der Waals surface area (Å²) in [5.74, 6) is 0.851. The molecule has 0 radical (unpaired) electrons. The Morgan fingerprint density at radius 3 is 2.31 bits per heavy atom. The Kier molecular flexibility index (Phi) is 6.19. The van der Waals surface area contributed by atoms with E-state index < -0.39 is 11.9 Å².